The lowest BCUT2D eigenvalue weighted by Crippen LogP contribution is -2.11. The van der Waals surface area contributed by atoms with Crippen molar-refractivity contribution in [1.82, 2.24) is 19.6 Å². The van der Waals surface area contributed by atoms with Gasteiger partial charge < -0.3 is 15.0 Å². The van der Waals surface area contributed by atoms with E-state index in [9.17, 15) is 0 Å². The Morgan fingerprint density at radius 3 is 2.79 bits per heavy atom. The molecule has 0 aliphatic carbocycles. The number of nitrogens with zero attached hydrogens (tertiary/aromatic N) is 5. The van der Waals surface area contributed by atoms with Crippen molar-refractivity contribution in [1.29, 1.82) is 0 Å². The average molecular weight is 326 g/mol. The standard InChI is InChI=1S/C17H22N6O/c1-12-7-15(22(2)3)6-5-13(12)9-18-16-8-14(10-24-4)21-17-19-11-20-23(16)17/h5-8,11,18H,9-10H2,1-4H3. The highest BCUT2D eigenvalue weighted by atomic mass is 16.5. The van der Waals surface area contributed by atoms with Gasteiger partial charge in [-0.1, -0.05) is 6.07 Å². The van der Waals surface area contributed by atoms with E-state index in [4.69, 9.17) is 4.74 Å². The van der Waals surface area contributed by atoms with E-state index in [1.807, 2.05) is 20.2 Å². The zero-order chi connectivity index (χ0) is 17.1. The maximum atomic E-state index is 5.17. The van der Waals surface area contributed by atoms with E-state index in [1.165, 1.54) is 23.1 Å². The Morgan fingerprint density at radius 1 is 1.25 bits per heavy atom. The zero-order valence-corrected chi connectivity index (χ0v) is 14.4. The molecule has 1 aromatic carbocycles. The molecule has 1 N–H and O–H groups in total. The van der Waals surface area contributed by atoms with Crippen LogP contribution in [0.1, 0.15) is 16.8 Å². The number of methoxy groups -OCH3 is 1. The van der Waals surface area contributed by atoms with Gasteiger partial charge in [0, 0.05) is 39.5 Å². The Kier molecular flexibility index (Phi) is 4.61. The lowest BCUT2D eigenvalue weighted by molar-refractivity contribution is 0.181. The van der Waals surface area contributed by atoms with Gasteiger partial charge in [0.1, 0.15) is 12.1 Å². The SMILES string of the molecule is COCc1cc(NCc2ccc(N(C)C)cc2C)n2ncnc2n1. The smallest absolute Gasteiger partial charge is 0.254 e. The molecule has 3 rings (SSSR count). The fourth-order valence-corrected chi connectivity index (χ4v) is 2.55. The quantitative estimate of drug-likeness (QED) is 0.749. The number of hydrogen-bond donors (Lipinski definition) is 1. The molecule has 2 heterocycles. The first-order valence-electron chi connectivity index (χ1n) is 7.78. The molecule has 7 heteroatoms. The fraction of sp³-hybridized carbons (Fsp3) is 0.353. The van der Waals surface area contributed by atoms with E-state index >= 15 is 0 Å². The molecule has 0 aliphatic heterocycles. The summed E-state index contributed by atoms with van der Waals surface area (Å²) in [6, 6.07) is 8.39. The van der Waals surface area contributed by atoms with Crippen molar-refractivity contribution in [2.75, 3.05) is 31.4 Å². The molecule has 3 aromatic rings. The highest BCUT2D eigenvalue weighted by Crippen LogP contribution is 2.19. The Balaban J connectivity index is 1.84. The number of nitrogens with one attached hydrogen (secondary N) is 1. The van der Waals surface area contributed by atoms with E-state index in [2.05, 4.69) is 50.4 Å². The lowest BCUT2D eigenvalue weighted by Gasteiger charge is -2.16. The van der Waals surface area contributed by atoms with E-state index in [1.54, 1.807) is 11.6 Å². The normalized spacial score (nSPS) is 11.0. The largest absolute Gasteiger partial charge is 0.378 e. The minimum atomic E-state index is 0.439. The van der Waals surface area contributed by atoms with Gasteiger partial charge in [0.15, 0.2) is 0 Å². The lowest BCUT2D eigenvalue weighted by atomic mass is 10.1. The van der Waals surface area contributed by atoms with Gasteiger partial charge in [-0.05, 0) is 30.2 Å². The van der Waals surface area contributed by atoms with Crippen molar-refractivity contribution in [2.24, 2.45) is 0 Å². The predicted molar refractivity (Wildman–Crippen MR) is 94.3 cm³/mol. The third-order valence-corrected chi connectivity index (χ3v) is 3.90. The number of ether oxygens (including phenoxy) is 1. The van der Waals surface area contributed by atoms with Crippen molar-refractivity contribution < 1.29 is 4.74 Å². The Hall–Kier alpha value is -2.67. The molecule has 0 radical (unpaired) electrons. The molecular weight excluding hydrogens is 304 g/mol. The molecule has 7 nitrogen and oxygen atoms in total. The third-order valence-electron chi connectivity index (χ3n) is 3.90. The van der Waals surface area contributed by atoms with Crippen LogP contribution in [0.25, 0.3) is 5.78 Å². The molecule has 0 aliphatic rings. The summed E-state index contributed by atoms with van der Waals surface area (Å²) in [6.07, 6.45) is 1.50. The molecule has 0 spiro atoms. The second-order valence-electron chi connectivity index (χ2n) is 5.90. The second kappa shape index (κ2) is 6.84. The molecule has 0 amide bonds. The maximum Gasteiger partial charge on any atom is 0.254 e. The first kappa shape index (κ1) is 16.2. The summed E-state index contributed by atoms with van der Waals surface area (Å²) >= 11 is 0. The number of aryl methyl sites for hydroxylation is 1. The van der Waals surface area contributed by atoms with Gasteiger partial charge in [-0.15, -0.1) is 0 Å². The molecule has 0 atom stereocenters. The van der Waals surface area contributed by atoms with Gasteiger partial charge in [0.05, 0.1) is 12.3 Å². The first-order chi connectivity index (χ1) is 11.6. The minimum Gasteiger partial charge on any atom is -0.378 e. The maximum absolute atomic E-state index is 5.17. The van der Waals surface area contributed by atoms with Crippen LogP contribution in [0.15, 0.2) is 30.6 Å². The van der Waals surface area contributed by atoms with Gasteiger partial charge in [-0.2, -0.15) is 14.6 Å². The highest BCUT2D eigenvalue weighted by Gasteiger charge is 2.08. The number of aromatic nitrogens is 4. The highest BCUT2D eigenvalue weighted by molar-refractivity contribution is 5.51. The minimum absolute atomic E-state index is 0.439. The van der Waals surface area contributed by atoms with Crippen LogP contribution in [-0.2, 0) is 17.9 Å². The molecule has 0 fully saturated rings. The Bertz CT molecular complexity index is 842. The number of anilines is 2. The van der Waals surface area contributed by atoms with Crippen molar-refractivity contribution in [3.8, 4) is 0 Å². The van der Waals surface area contributed by atoms with Gasteiger partial charge >= 0.3 is 0 Å². The van der Waals surface area contributed by atoms with Crippen LogP contribution >= 0.6 is 0 Å². The Labute approximate surface area is 141 Å². The number of hydrogen-bond acceptors (Lipinski definition) is 6. The van der Waals surface area contributed by atoms with Crippen molar-refractivity contribution in [3.63, 3.8) is 0 Å². The third kappa shape index (κ3) is 3.30. The molecule has 0 saturated heterocycles. The molecule has 0 unspecified atom stereocenters. The van der Waals surface area contributed by atoms with Crippen LogP contribution in [0.5, 0.6) is 0 Å². The molecule has 2 aromatic heterocycles. The predicted octanol–water partition coefficient (Wildman–Crippen LogP) is 2.26. The summed E-state index contributed by atoms with van der Waals surface area (Å²) in [5.74, 6) is 1.41. The van der Waals surface area contributed by atoms with Gasteiger partial charge in [0.2, 0.25) is 0 Å². The van der Waals surface area contributed by atoms with Crippen LogP contribution in [0.2, 0.25) is 0 Å². The zero-order valence-electron chi connectivity index (χ0n) is 14.4. The molecule has 126 valence electrons. The van der Waals surface area contributed by atoms with Crippen LogP contribution in [0, 0.1) is 6.92 Å². The van der Waals surface area contributed by atoms with Crippen LogP contribution in [-0.4, -0.2) is 40.8 Å². The van der Waals surface area contributed by atoms with Gasteiger partial charge in [-0.25, -0.2) is 4.98 Å². The van der Waals surface area contributed by atoms with Crippen molar-refractivity contribution in [2.45, 2.75) is 20.1 Å². The monoisotopic (exact) mass is 326 g/mol. The van der Waals surface area contributed by atoms with E-state index in [-0.39, 0.29) is 0 Å². The summed E-state index contributed by atoms with van der Waals surface area (Å²) in [6.45, 7) is 3.26. The summed E-state index contributed by atoms with van der Waals surface area (Å²) in [5, 5.41) is 7.65. The topological polar surface area (TPSA) is 67.6 Å². The molecule has 24 heavy (non-hydrogen) atoms. The fourth-order valence-electron chi connectivity index (χ4n) is 2.55. The number of rotatable bonds is 6. The van der Waals surface area contributed by atoms with E-state index in [0.29, 0.717) is 18.9 Å². The van der Waals surface area contributed by atoms with Crippen molar-refractivity contribution in [3.05, 3.63) is 47.4 Å². The summed E-state index contributed by atoms with van der Waals surface area (Å²) < 4.78 is 6.87. The van der Waals surface area contributed by atoms with Crippen molar-refractivity contribution >= 4 is 17.3 Å². The summed E-state index contributed by atoms with van der Waals surface area (Å²) in [5.41, 5.74) is 4.50. The first-order valence-corrected chi connectivity index (χ1v) is 7.78. The van der Waals surface area contributed by atoms with Crippen LogP contribution in [0.3, 0.4) is 0 Å². The average Bonchev–Trinajstić information content (AvgIpc) is 3.02. The molecular formula is C17H22N6O. The van der Waals surface area contributed by atoms with Gasteiger partial charge in [0.25, 0.3) is 5.78 Å². The summed E-state index contributed by atoms with van der Waals surface area (Å²) in [7, 11) is 5.74. The number of benzene rings is 1. The number of fused-ring (bicyclic) bond motifs is 1. The summed E-state index contributed by atoms with van der Waals surface area (Å²) in [4.78, 5) is 10.7. The molecule has 0 bridgehead atoms. The van der Waals surface area contributed by atoms with Gasteiger partial charge in [-0.3, -0.25) is 0 Å². The second-order valence-corrected chi connectivity index (χ2v) is 5.90. The van der Waals surface area contributed by atoms with Crippen LogP contribution in [0.4, 0.5) is 11.5 Å². The molecule has 0 saturated carbocycles. The van der Waals surface area contributed by atoms with Crippen LogP contribution < -0.4 is 10.2 Å². The Morgan fingerprint density at radius 2 is 2.08 bits per heavy atom. The van der Waals surface area contributed by atoms with E-state index < -0.39 is 0 Å². The van der Waals surface area contributed by atoms with E-state index in [0.717, 1.165) is 11.5 Å².